The molecule has 0 aromatic heterocycles. The predicted molar refractivity (Wildman–Crippen MR) is 102 cm³/mol. The molecule has 1 heterocycles. The van der Waals surface area contributed by atoms with Crippen LogP contribution in [0.1, 0.15) is 12.0 Å². The molecule has 1 N–H and O–H groups in total. The molecule has 26 heavy (non-hydrogen) atoms. The fraction of sp³-hybridized carbons (Fsp3) is 0.227. The van der Waals surface area contributed by atoms with Crippen LogP contribution in [-0.4, -0.2) is 25.2 Å². The molecular weight excluding hydrogens is 326 g/mol. The normalized spacial score (nSPS) is 15.6. The van der Waals surface area contributed by atoms with E-state index in [9.17, 15) is 4.79 Å². The largest absolute Gasteiger partial charge is 0.486 e. The van der Waals surface area contributed by atoms with Crippen LogP contribution in [0.15, 0.2) is 66.7 Å². The lowest BCUT2D eigenvalue weighted by atomic mass is 10.0. The molecule has 1 aliphatic heterocycles. The average molecular weight is 347 g/mol. The summed E-state index contributed by atoms with van der Waals surface area (Å²) < 4.78 is 11.5. The van der Waals surface area contributed by atoms with Gasteiger partial charge < -0.3 is 14.8 Å². The zero-order chi connectivity index (χ0) is 17.8. The van der Waals surface area contributed by atoms with Crippen LogP contribution >= 0.6 is 0 Å². The summed E-state index contributed by atoms with van der Waals surface area (Å²) in [6, 6.07) is 22.1. The lowest BCUT2D eigenvalue weighted by molar-refractivity contribution is -0.121. The third-order valence-corrected chi connectivity index (χ3v) is 4.60. The Morgan fingerprint density at radius 3 is 2.65 bits per heavy atom. The molecule has 0 aliphatic carbocycles. The van der Waals surface area contributed by atoms with Crippen LogP contribution in [0, 0.1) is 0 Å². The number of para-hydroxylation sites is 2. The van der Waals surface area contributed by atoms with Crippen LogP contribution in [-0.2, 0) is 11.2 Å². The topological polar surface area (TPSA) is 47.6 Å². The van der Waals surface area contributed by atoms with Crippen LogP contribution in [0.4, 0.5) is 0 Å². The standard InChI is InChI=1S/C22H21NO3/c24-22(13-12-17-8-5-7-16-6-1-2-9-19(16)17)23-14-18-15-25-20-10-3-4-11-21(20)26-18/h1-11,18H,12-15H2,(H,23,24). The predicted octanol–water partition coefficient (Wildman–Crippen LogP) is 3.73. The summed E-state index contributed by atoms with van der Waals surface area (Å²) in [5.74, 6) is 1.51. The van der Waals surface area contributed by atoms with E-state index in [-0.39, 0.29) is 12.0 Å². The second-order valence-corrected chi connectivity index (χ2v) is 6.44. The molecule has 1 amide bonds. The van der Waals surface area contributed by atoms with Gasteiger partial charge in [-0.3, -0.25) is 4.79 Å². The first-order valence-corrected chi connectivity index (χ1v) is 8.91. The van der Waals surface area contributed by atoms with Crippen molar-refractivity contribution in [1.29, 1.82) is 0 Å². The van der Waals surface area contributed by atoms with E-state index in [2.05, 4.69) is 29.6 Å². The van der Waals surface area contributed by atoms with Crippen molar-refractivity contribution in [2.45, 2.75) is 18.9 Å². The number of ether oxygens (including phenoxy) is 2. The van der Waals surface area contributed by atoms with Gasteiger partial charge in [-0.1, -0.05) is 54.6 Å². The number of hydrogen-bond acceptors (Lipinski definition) is 3. The van der Waals surface area contributed by atoms with E-state index < -0.39 is 0 Å². The lowest BCUT2D eigenvalue weighted by Crippen LogP contribution is -2.40. The van der Waals surface area contributed by atoms with Crippen molar-refractivity contribution in [1.82, 2.24) is 5.32 Å². The van der Waals surface area contributed by atoms with Gasteiger partial charge in [-0.05, 0) is 34.9 Å². The quantitative estimate of drug-likeness (QED) is 0.765. The van der Waals surface area contributed by atoms with Crippen molar-refractivity contribution in [2.24, 2.45) is 0 Å². The molecule has 4 rings (SSSR count). The highest BCUT2D eigenvalue weighted by molar-refractivity contribution is 5.86. The number of nitrogens with one attached hydrogen (secondary N) is 1. The summed E-state index contributed by atoms with van der Waals surface area (Å²) >= 11 is 0. The molecule has 4 nitrogen and oxygen atoms in total. The lowest BCUT2D eigenvalue weighted by Gasteiger charge is -2.26. The van der Waals surface area contributed by atoms with Gasteiger partial charge in [0.25, 0.3) is 0 Å². The molecule has 0 fully saturated rings. The van der Waals surface area contributed by atoms with E-state index in [1.165, 1.54) is 16.3 Å². The molecule has 1 aliphatic rings. The highest BCUT2D eigenvalue weighted by Gasteiger charge is 2.20. The van der Waals surface area contributed by atoms with Gasteiger partial charge in [0.15, 0.2) is 11.5 Å². The third kappa shape index (κ3) is 3.64. The Morgan fingerprint density at radius 2 is 1.73 bits per heavy atom. The molecule has 132 valence electrons. The fourth-order valence-corrected chi connectivity index (χ4v) is 3.24. The second kappa shape index (κ2) is 7.48. The number of carbonyl (C=O) groups excluding carboxylic acids is 1. The minimum absolute atomic E-state index is 0.0281. The number of benzene rings is 3. The number of carbonyl (C=O) groups is 1. The van der Waals surface area contributed by atoms with Gasteiger partial charge in [-0.15, -0.1) is 0 Å². The van der Waals surface area contributed by atoms with Crippen LogP contribution in [0.5, 0.6) is 11.5 Å². The van der Waals surface area contributed by atoms with Crippen LogP contribution in [0.25, 0.3) is 10.8 Å². The summed E-state index contributed by atoms with van der Waals surface area (Å²) in [5, 5.41) is 5.37. The summed E-state index contributed by atoms with van der Waals surface area (Å²) in [7, 11) is 0. The maximum atomic E-state index is 12.2. The maximum Gasteiger partial charge on any atom is 0.220 e. The van der Waals surface area contributed by atoms with Gasteiger partial charge in [-0.25, -0.2) is 0 Å². The van der Waals surface area contributed by atoms with Crippen molar-refractivity contribution in [3.8, 4) is 11.5 Å². The van der Waals surface area contributed by atoms with Crippen LogP contribution < -0.4 is 14.8 Å². The summed E-state index contributed by atoms with van der Waals surface area (Å²) in [6.07, 6.45) is 1.02. The molecule has 0 bridgehead atoms. The van der Waals surface area contributed by atoms with Crippen LogP contribution in [0.3, 0.4) is 0 Å². The first-order valence-electron chi connectivity index (χ1n) is 8.91. The zero-order valence-electron chi connectivity index (χ0n) is 14.5. The molecular formula is C22H21NO3. The van der Waals surface area contributed by atoms with E-state index in [4.69, 9.17) is 9.47 Å². The maximum absolute atomic E-state index is 12.2. The molecule has 4 heteroatoms. The van der Waals surface area contributed by atoms with Crippen molar-refractivity contribution in [3.05, 3.63) is 72.3 Å². The molecule has 1 atom stereocenters. The number of aryl methyl sites for hydroxylation is 1. The average Bonchev–Trinajstić information content (AvgIpc) is 2.70. The number of fused-ring (bicyclic) bond motifs is 2. The SMILES string of the molecule is O=C(CCc1cccc2ccccc12)NCC1COc2ccccc2O1. The van der Waals surface area contributed by atoms with Crippen LogP contribution in [0.2, 0.25) is 0 Å². The first-order chi connectivity index (χ1) is 12.8. The molecule has 3 aromatic carbocycles. The van der Waals surface area contributed by atoms with E-state index in [0.717, 1.165) is 17.9 Å². The molecule has 0 saturated heterocycles. The minimum atomic E-state index is -0.161. The number of amides is 1. The third-order valence-electron chi connectivity index (χ3n) is 4.60. The van der Waals surface area contributed by atoms with Gasteiger partial charge in [-0.2, -0.15) is 0 Å². The summed E-state index contributed by atoms with van der Waals surface area (Å²) in [5.41, 5.74) is 1.20. The van der Waals surface area contributed by atoms with E-state index in [1.54, 1.807) is 0 Å². The monoisotopic (exact) mass is 347 g/mol. The Balaban J connectivity index is 1.30. The van der Waals surface area contributed by atoms with Gasteiger partial charge in [0.1, 0.15) is 12.7 Å². The molecule has 0 saturated carbocycles. The zero-order valence-corrected chi connectivity index (χ0v) is 14.5. The fourth-order valence-electron chi connectivity index (χ4n) is 3.24. The molecule has 1 unspecified atom stereocenters. The van der Waals surface area contributed by atoms with Crippen molar-refractivity contribution in [3.63, 3.8) is 0 Å². The molecule has 0 spiro atoms. The van der Waals surface area contributed by atoms with E-state index in [1.807, 2.05) is 42.5 Å². The van der Waals surface area contributed by atoms with Gasteiger partial charge >= 0.3 is 0 Å². The van der Waals surface area contributed by atoms with Gasteiger partial charge in [0.05, 0.1) is 6.54 Å². The highest BCUT2D eigenvalue weighted by atomic mass is 16.6. The molecule has 3 aromatic rings. The van der Waals surface area contributed by atoms with Crippen molar-refractivity contribution >= 4 is 16.7 Å². The Morgan fingerprint density at radius 1 is 0.962 bits per heavy atom. The van der Waals surface area contributed by atoms with Crippen molar-refractivity contribution in [2.75, 3.05) is 13.2 Å². The van der Waals surface area contributed by atoms with E-state index >= 15 is 0 Å². The van der Waals surface area contributed by atoms with E-state index in [0.29, 0.717) is 19.6 Å². The summed E-state index contributed by atoms with van der Waals surface area (Å²) in [4.78, 5) is 12.2. The smallest absolute Gasteiger partial charge is 0.220 e. The number of rotatable bonds is 5. The Bertz CT molecular complexity index is 917. The number of hydrogen-bond donors (Lipinski definition) is 1. The van der Waals surface area contributed by atoms with Gasteiger partial charge in [0, 0.05) is 6.42 Å². The highest BCUT2D eigenvalue weighted by Crippen LogP contribution is 2.30. The Hall–Kier alpha value is -3.01. The Kier molecular flexibility index (Phi) is 4.73. The first kappa shape index (κ1) is 16.5. The van der Waals surface area contributed by atoms with Gasteiger partial charge in [0.2, 0.25) is 5.91 Å². The Labute approximate surface area is 152 Å². The molecule has 0 radical (unpaired) electrons. The summed E-state index contributed by atoms with van der Waals surface area (Å²) in [6.45, 7) is 0.892. The minimum Gasteiger partial charge on any atom is -0.486 e. The van der Waals surface area contributed by atoms with Crippen molar-refractivity contribution < 1.29 is 14.3 Å². The second-order valence-electron chi connectivity index (χ2n) is 6.44.